The zero-order valence-electron chi connectivity index (χ0n) is 89.6. The van der Waals surface area contributed by atoms with Gasteiger partial charge < -0.3 is 64.4 Å². The van der Waals surface area contributed by atoms with E-state index in [-0.39, 0.29) is 81.5 Å². The molecule has 0 saturated heterocycles. The van der Waals surface area contributed by atoms with Crippen LogP contribution in [0.3, 0.4) is 0 Å². The van der Waals surface area contributed by atoms with E-state index < -0.39 is 102 Å². The SMILES string of the molecule is C=CCOC(=O)C[C@H](NC(=O)[C@H](Cc1ccccc1)N(C)C(=O)[C@H](CCCN=C(C)C1=C(O)CC(C)(C)CC1=O)NC(=O)[C@@H](C)NC(=O)C[C@H](NC(=O)OCC1c2ccccc2-c2ccccc21)C(=O)OC(C)(C)C)C(=O)OCc1cc(OCCCCCCCCCCCCCCCCCC)c(OCCCCCCCCCCCCCCCCCC)c(OCCCCCCCCCCCCCCCCCC)c1. The summed E-state index contributed by atoms with van der Waals surface area (Å²) in [6.45, 7) is 22.9. The Kier molecular flexibility index (Phi) is 61.3. The summed E-state index contributed by atoms with van der Waals surface area (Å²) in [7, 11) is 1.38. The number of carbonyl (C=O) groups is 9. The van der Waals surface area contributed by atoms with Crippen molar-refractivity contribution < 1.29 is 81.4 Å². The molecule has 2 aliphatic rings. The highest BCUT2D eigenvalue weighted by molar-refractivity contribution is 6.22. The van der Waals surface area contributed by atoms with Gasteiger partial charge in [0.1, 0.15) is 61.4 Å². The van der Waals surface area contributed by atoms with E-state index in [1.165, 1.54) is 270 Å². The third kappa shape index (κ3) is 49.8. The summed E-state index contributed by atoms with van der Waals surface area (Å²) >= 11 is 0. The molecule has 0 aliphatic heterocycles. The lowest BCUT2D eigenvalue weighted by atomic mass is 9.76. The first-order chi connectivity index (χ1) is 68.7. The molecule has 142 heavy (non-hydrogen) atoms. The van der Waals surface area contributed by atoms with Crippen LogP contribution >= 0.6 is 0 Å². The minimum Gasteiger partial charge on any atom is -0.511 e. The summed E-state index contributed by atoms with van der Waals surface area (Å²) < 4.78 is 43.5. The number of carbonyl (C=O) groups excluding carboxylic acids is 9. The maximum absolute atomic E-state index is 15.7. The molecule has 0 bridgehead atoms. The second kappa shape index (κ2) is 71.9. The van der Waals surface area contributed by atoms with Gasteiger partial charge in [-0.15, -0.1) is 0 Å². The number of likely N-dealkylation sites (N-methyl/N-ethyl adjacent to an activating group) is 1. The van der Waals surface area contributed by atoms with Crippen molar-refractivity contribution in [3.05, 3.63) is 137 Å². The fraction of sp³-hybridized carbons (Fsp3) is 0.681. The first-order valence-corrected chi connectivity index (χ1v) is 55.7. The number of nitrogens with one attached hydrogen (secondary N) is 4. The molecule has 0 radical (unpaired) electrons. The Labute approximate surface area is 855 Å². The lowest BCUT2D eigenvalue weighted by Crippen LogP contribution is -2.58. The number of alkyl carbamates (subject to hydrolysis) is 1. The van der Waals surface area contributed by atoms with Gasteiger partial charge in [-0.2, -0.15) is 0 Å². The lowest BCUT2D eigenvalue weighted by Gasteiger charge is -2.32. The highest BCUT2D eigenvalue weighted by Gasteiger charge is 2.39. The highest BCUT2D eigenvalue weighted by Crippen LogP contribution is 2.45. The maximum Gasteiger partial charge on any atom is 0.407 e. The minimum atomic E-state index is -1.69. The average Bonchev–Trinajstić information content (AvgIpc) is 1.62. The average molecular weight is 1970 g/mol. The summed E-state index contributed by atoms with van der Waals surface area (Å²) in [5.41, 5.74) is 3.94. The Morgan fingerprint density at radius 2 is 0.908 bits per heavy atom. The molecular weight excluding hydrogens is 1790 g/mol. The number of ether oxygens (including phenoxy) is 7. The normalized spacial score (nSPS) is 14.0. The molecule has 2 aliphatic carbocycles. The van der Waals surface area contributed by atoms with Crippen molar-refractivity contribution in [2.75, 3.05) is 46.6 Å². The van der Waals surface area contributed by atoms with Gasteiger partial charge in [-0.3, -0.25) is 33.8 Å². The van der Waals surface area contributed by atoms with E-state index in [1.54, 1.807) is 58.0 Å². The van der Waals surface area contributed by atoms with Crippen molar-refractivity contribution in [3.63, 3.8) is 0 Å². The Morgan fingerprint density at radius 3 is 1.35 bits per heavy atom. The molecule has 0 spiro atoms. The van der Waals surface area contributed by atoms with Crippen LogP contribution in [0.2, 0.25) is 0 Å². The van der Waals surface area contributed by atoms with Crippen LogP contribution in [0.15, 0.2) is 120 Å². The summed E-state index contributed by atoms with van der Waals surface area (Å²) in [5.74, 6) is -5.40. The number of unbranched alkanes of at least 4 members (excludes halogenated alkanes) is 45. The van der Waals surface area contributed by atoms with Crippen molar-refractivity contribution in [1.29, 1.82) is 0 Å². The molecule has 0 saturated carbocycles. The van der Waals surface area contributed by atoms with Gasteiger partial charge in [0.15, 0.2) is 17.3 Å². The van der Waals surface area contributed by atoms with Gasteiger partial charge >= 0.3 is 24.0 Å². The zero-order chi connectivity index (χ0) is 103. The molecule has 23 nitrogen and oxygen atoms in total. The molecule has 4 aromatic rings. The predicted molar refractivity (Wildman–Crippen MR) is 573 cm³/mol. The second-order valence-electron chi connectivity index (χ2n) is 41.9. The summed E-state index contributed by atoms with van der Waals surface area (Å²) in [4.78, 5) is 136. The van der Waals surface area contributed by atoms with Crippen LogP contribution in [0, 0.1) is 5.41 Å². The van der Waals surface area contributed by atoms with Crippen molar-refractivity contribution in [3.8, 4) is 28.4 Å². The Balaban J connectivity index is 1.24. The van der Waals surface area contributed by atoms with Crippen LogP contribution in [-0.4, -0.2) is 152 Å². The zero-order valence-corrected chi connectivity index (χ0v) is 89.6. The number of fused-ring (bicyclic) bond motifs is 3. The van der Waals surface area contributed by atoms with E-state index in [1.807, 2.05) is 74.5 Å². The molecule has 0 unspecified atom stereocenters. The number of aliphatic hydroxyl groups excluding tert-OH is 1. The van der Waals surface area contributed by atoms with E-state index in [0.29, 0.717) is 53.9 Å². The highest BCUT2D eigenvalue weighted by atomic mass is 16.6. The second-order valence-corrected chi connectivity index (χ2v) is 41.9. The number of aliphatic imine (C=N–C) groups is 1. The van der Waals surface area contributed by atoms with E-state index in [0.717, 1.165) is 84.9 Å². The van der Waals surface area contributed by atoms with Crippen molar-refractivity contribution in [2.24, 2.45) is 10.4 Å². The Bertz CT molecular complexity index is 4260. The van der Waals surface area contributed by atoms with E-state index in [2.05, 4.69) is 53.6 Å². The topological polar surface area (TPSA) is 302 Å². The summed E-state index contributed by atoms with van der Waals surface area (Å²) in [5, 5.41) is 21.9. The Morgan fingerprint density at radius 1 is 0.493 bits per heavy atom. The fourth-order valence-corrected chi connectivity index (χ4v) is 19.1. The molecule has 23 heteroatoms. The van der Waals surface area contributed by atoms with Gasteiger partial charge in [-0.25, -0.2) is 14.4 Å². The van der Waals surface area contributed by atoms with Crippen molar-refractivity contribution in [1.82, 2.24) is 26.2 Å². The predicted octanol–water partition coefficient (Wildman–Crippen LogP) is 27.4. The Hall–Kier alpha value is -9.54. The molecule has 6 rings (SSSR count). The van der Waals surface area contributed by atoms with E-state index >= 15 is 14.4 Å². The fourth-order valence-electron chi connectivity index (χ4n) is 19.1. The molecule has 5 atom stereocenters. The molecule has 0 heterocycles. The van der Waals surface area contributed by atoms with Crippen LogP contribution in [0.4, 0.5) is 4.79 Å². The van der Waals surface area contributed by atoms with Gasteiger partial charge in [0.25, 0.3) is 0 Å². The number of amides is 5. The number of allylic oxidation sites excluding steroid dienone is 2. The van der Waals surface area contributed by atoms with Gasteiger partial charge in [-0.05, 0) is 118 Å². The van der Waals surface area contributed by atoms with Crippen molar-refractivity contribution >= 4 is 59.1 Å². The molecule has 4 aromatic carbocycles. The third-order valence-corrected chi connectivity index (χ3v) is 27.3. The number of nitrogens with zero attached hydrogens (tertiary/aromatic N) is 2. The standard InChI is InChI=1S/C119H186N6O17/c1-13-17-20-23-26-29-32-35-38-41-44-47-50-53-56-66-79-136-106-83-94(84-107(137-80-67-57-54-51-48-45-42-39-36-33-30-27-24-21-18-14-2)111(106)139-81-68-58-55-52-49-46-43-40-37-34-31-28-25-22-19-15-3)89-140-115(133)102(86-109(129)138-78-16-4)123-113(131)103(82-93-70-60-59-61-71-93)125(12)114(132)100(76-69-77-120-91(5)110-104(126)87-119(10,11)88-105(110)127)122-112(130)92(6)121-108(128)85-101(116(134)142-118(7,8)9)124-117(135)141-90-99-97-74-64-62-72-95(97)96-73-63-65-75-98(96)99/h16,59-65,70-75,83-84,92,99-103,126H,4,13-15,17-58,66-69,76-82,85-90H2,1-3,5-12H3,(H,121,128)(H,122,130)(H,123,131)(H,124,135)/t92-,100+,101+,102+,103+/m1/s1. The molecule has 794 valence electrons. The van der Waals surface area contributed by atoms with E-state index in [4.69, 9.17) is 33.2 Å². The van der Waals surface area contributed by atoms with Crippen LogP contribution < -0.4 is 35.5 Å². The quantitative estimate of drug-likeness (QED) is 0.00902. The van der Waals surface area contributed by atoms with Gasteiger partial charge in [0, 0.05) is 44.5 Å². The number of esters is 3. The number of Topliss-reactive ketones (excluding diaryl/α,β-unsaturated/α-hetero) is 1. The molecule has 5 amide bonds. The van der Waals surface area contributed by atoms with Gasteiger partial charge in [0.05, 0.1) is 38.2 Å². The first kappa shape index (κ1) is 121. The number of benzene rings is 4. The van der Waals surface area contributed by atoms with Gasteiger partial charge in [-0.1, -0.05) is 415 Å². The van der Waals surface area contributed by atoms with Crippen LogP contribution in [0.25, 0.3) is 11.1 Å². The van der Waals surface area contributed by atoms with Crippen molar-refractivity contribution in [2.45, 2.75) is 471 Å². The van der Waals surface area contributed by atoms with Crippen LogP contribution in [-0.2, 0) is 70.3 Å². The monoisotopic (exact) mass is 1970 g/mol. The molecule has 5 N–H and O–H groups in total. The van der Waals surface area contributed by atoms with Crippen LogP contribution in [0.1, 0.15) is 444 Å². The lowest BCUT2D eigenvalue weighted by molar-refractivity contribution is -0.158. The van der Waals surface area contributed by atoms with Gasteiger partial charge in [0.2, 0.25) is 29.4 Å². The molecule has 0 fully saturated rings. The molecular formula is C119H186N6O17. The number of rotatable bonds is 81. The number of hydrogen-bond acceptors (Lipinski definition) is 18. The minimum absolute atomic E-state index is 0.0106. The number of hydrogen-bond donors (Lipinski definition) is 5. The number of ketones is 1. The molecule has 0 aromatic heterocycles. The third-order valence-electron chi connectivity index (χ3n) is 27.3. The number of aliphatic hydroxyl groups is 1. The maximum atomic E-state index is 15.7. The largest absolute Gasteiger partial charge is 0.511 e. The first-order valence-electron chi connectivity index (χ1n) is 55.7. The smallest absolute Gasteiger partial charge is 0.407 e. The summed E-state index contributed by atoms with van der Waals surface area (Å²) in [6.07, 6.45) is 58.9. The van der Waals surface area contributed by atoms with E-state index in [9.17, 15) is 33.9 Å². The summed E-state index contributed by atoms with van der Waals surface area (Å²) in [6, 6.07) is 20.6. The van der Waals surface area contributed by atoms with Crippen LogP contribution in [0.5, 0.6) is 17.2 Å².